The number of amides is 2. The molecule has 2 amide bonds. The first-order valence-corrected chi connectivity index (χ1v) is 12.0. The van der Waals surface area contributed by atoms with E-state index in [0.717, 1.165) is 5.75 Å². The maximum absolute atomic E-state index is 12.6. The zero-order valence-corrected chi connectivity index (χ0v) is 19.7. The largest absolute Gasteiger partial charge is 0.463 e. The Labute approximate surface area is 213 Å². The summed E-state index contributed by atoms with van der Waals surface area (Å²) in [5.41, 5.74) is 1.33. The first-order valence-electron chi connectivity index (χ1n) is 12.0. The summed E-state index contributed by atoms with van der Waals surface area (Å²) in [6.07, 6.45) is 2.75. The van der Waals surface area contributed by atoms with Crippen LogP contribution in [0.4, 0.5) is 16.4 Å². The third kappa shape index (κ3) is 5.25. The van der Waals surface area contributed by atoms with Crippen LogP contribution in [0.1, 0.15) is 0 Å². The highest BCUT2D eigenvalue weighted by Gasteiger charge is 2.48. The first kappa shape index (κ1) is 23.0. The van der Waals surface area contributed by atoms with Gasteiger partial charge in [-0.05, 0) is 54.6 Å². The minimum absolute atomic E-state index is 0.149. The Morgan fingerprint density at radius 3 is 2.41 bits per heavy atom. The van der Waals surface area contributed by atoms with Crippen LogP contribution >= 0.6 is 0 Å². The summed E-state index contributed by atoms with van der Waals surface area (Å²) in [5.74, 6) is 2.55. The molecule has 0 radical (unpaired) electrons. The van der Waals surface area contributed by atoms with Crippen molar-refractivity contribution in [1.82, 2.24) is 15.3 Å². The second-order valence-electron chi connectivity index (χ2n) is 8.73. The molecule has 4 heterocycles. The number of rotatable bonds is 7. The Morgan fingerprint density at radius 1 is 0.865 bits per heavy atom. The number of urea groups is 1. The quantitative estimate of drug-likeness (QED) is 0.344. The molecule has 0 aliphatic carbocycles. The Bertz CT molecular complexity index is 1330. The molecule has 3 N–H and O–H groups in total. The van der Waals surface area contributed by atoms with Crippen LogP contribution in [0.15, 0.2) is 89.7 Å². The number of nitrogens with zero attached hydrogens (tertiary/aromatic N) is 2. The van der Waals surface area contributed by atoms with Crippen LogP contribution in [0, 0.1) is 0 Å². The molecule has 0 unspecified atom stereocenters. The number of para-hydroxylation sites is 1. The molecule has 2 saturated heterocycles. The number of hydrogen-bond donors (Lipinski definition) is 3. The van der Waals surface area contributed by atoms with Crippen molar-refractivity contribution in [2.45, 2.75) is 24.3 Å². The van der Waals surface area contributed by atoms with E-state index in [1.807, 2.05) is 42.5 Å². The van der Waals surface area contributed by atoms with Gasteiger partial charge in [0.15, 0.2) is 5.76 Å². The summed E-state index contributed by atoms with van der Waals surface area (Å²) in [6.45, 7) is 0.754. The fourth-order valence-corrected chi connectivity index (χ4v) is 4.47. The van der Waals surface area contributed by atoms with E-state index in [9.17, 15) is 4.79 Å². The number of anilines is 2. The molecule has 10 heteroatoms. The fourth-order valence-electron chi connectivity index (χ4n) is 4.47. The maximum Gasteiger partial charge on any atom is 0.319 e. The minimum Gasteiger partial charge on any atom is -0.463 e. The average molecular weight is 500 g/mol. The number of carbonyl (C=O) groups excluding carboxylic acids is 1. The van der Waals surface area contributed by atoms with Gasteiger partial charge in [0.05, 0.1) is 31.6 Å². The van der Waals surface area contributed by atoms with Gasteiger partial charge in [-0.25, -0.2) is 14.8 Å². The van der Waals surface area contributed by atoms with Gasteiger partial charge in [-0.3, -0.25) is 0 Å². The van der Waals surface area contributed by atoms with Crippen molar-refractivity contribution >= 4 is 17.7 Å². The predicted octanol–water partition coefficient (Wildman–Crippen LogP) is 4.30. The molecule has 4 aromatic rings. The van der Waals surface area contributed by atoms with Gasteiger partial charge in [-0.1, -0.05) is 18.2 Å². The van der Waals surface area contributed by atoms with Crippen molar-refractivity contribution in [2.24, 2.45) is 0 Å². The van der Waals surface area contributed by atoms with Crippen LogP contribution in [0.2, 0.25) is 0 Å². The Kier molecular flexibility index (Phi) is 6.40. The second-order valence-corrected chi connectivity index (χ2v) is 8.73. The SMILES string of the molecule is O=C(Nc1ccc(Oc2ccccc2)cc1)N[C@H]1CO[C@H]2[C@@H]1OC[C@@H]2Nc1nccc(-c2ccco2)n1. The Hall–Kier alpha value is -4.41. The van der Waals surface area contributed by atoms with E-state index in [1.54, 1.807) is 42.8 Å². The fraction of sp³-hybridized carbons (Fsp3) is 0.222. The highest BCUT2D eigenvalue weighted by atomic mass is 16.6. The van der Waals surface area contributed by atoms with Crippen molar-refractivity contribution in [2.75, 3.05) is 23.8 Å². The van der Waals surface area contributed by atoms with Crippen LogP contribution in [0.5, 0.6) is 11.5 Å². The Morgan fingerprint density at radius 2 is 1.62 bits per heavy atom. The third-order valence-electron chi connectivity index (χ3n) is 6.20. The summed E-state index contributed by atoms with van der Waals surface area (Å²) in [6, 6.07) is 21.4. The lowest BCUT2D eigenvalue weighted by molar-refractivity contribution is 0.0683. The molecular formula is C27H25N5O5. The van der Waals surface area contributed by atoms with E-state index in [4.69, 9.17) is 18.6 Å². The number of ether oxygens (including phenoxy) is 3. The minimum atomic E-state index is -0.333. The molecule has 10 nitrogen and oxygen atoms in total. The summed E-state index contributed by atoms with van der Waals surface area (Å²) in [7, 11) is 0. The molecule has 2 fully saturated rings. The van der Waals surface area contributed by atoms with Crippen molar-refractivity contribution in [1.29, 1.82) is 0 Å². The second kappa shape index (κ2) is 10.3. The summed E-state index contributed by atoms with van der Waals surface area (Å²) in [4.78, 5) is 21.5. The molecular weight excluding hydrogens is 474 g/mol. The van der Waals surface area contributed by atoms with Crippen LogP contribution in [0.25, 0.3) is 11.5 Å². The van der Waals surface area contributed by atoms with Crippen molar-refractivity contribution in [3.63, 3.8) is 0 Å². The summed E-state index contributed by atoms with van der Waals surface area (Å²) < 4.78 is 23.2. The number of nitrogens with one attached hydrogen (secondary N) is 3. The zero-order valence-electron chi connectivity index (χ0n) is 19.7. The third-order valence-corrected chi connectivity index (χ3v) is 6.20. The van der Waals surface area contributed by atoms with Crippen molar-refractivity contribution < 1.29 is 23.4 Å². The molecule has 2 aliphatic rings. The molecule has 37 heavy (non-hydrogen) atoms. The van der Waals surface area contributed by atoms with E-state index in [-0.39, 0.29) is 30.3 Å². The highest BCUT2D eigenvalue weighted by Crippen LogP contribution is 2.29. The number of hydrogen-bond acceptors (Lipinski definition) is 8. The molecule has 2 aromatic carbocycles. The van der Waals surface area contributed by atoms with Gasteiger partial charge < -0.3 is 34.6 Å². The van der Waals surface area contributed by atoms with Crippen molar-refractivity contribution in [3.8, 4) is 23.0 Å². The van der Waals surface area contributed by atoms with Gasteiger partial charge in [-0.15, -0.1) is 0 Å². The van der Waals surface area contributed by atoms with E-state index in [2.05, 4.69) is 25.9 Å². The number of fused-ring (bicyclic) bond motifs is 1. The molecule has 6 rings (SSSR count). The van der Waals surface area contributed by atoms with Gasteiger partial charge in [0, 0.05) is 11.9 Å². The zero-order chi connectivity index (χ0) is 25.0. The van der Waals surface area contributed by atoms with Crippen LogP contribution in [0.3, 0.4) is 0 Å². The van der Waals surface area contributed by atoms with Gasteiger partial charge in [0.2, 0.25) is 5.95 Å². The first-order chi connectivity index (χ1) is 18.2. The predicted molar refractivity (Wildman–Crippen MR) is 136 cm³/mol. The van der Waals surface area contributed by atoms with E-state index >= 15 is 0 Å². The maximum atomic E-state index is 12.6. The van der Waals surface area contributed by atoms with Gasteiger partial charge in [-0.2, -0.15) is 0 Å². The molecule has 188 valence electrons. The molecule has 4 atom stereocenters. The van der Waals surface area contributed by atoms with E-state index in [1.165, 1.54) is 0 Å². The topological polar surface area (TPSA) is 120 Å². The smallest absolute Gasteiger partial charge is 0.319 e. The molecule has 2 aliphatic heterocycles. The standard InChI is InChI=1S/C27H25N5O5/c33-27(29-17-8-10-19(11-9-17)37-18-5-2-1-3-6-18)32-22-16-36-24-21(15-35-25(22)24)31-26-28-13-12-20(30-26)23-7-4-14-34-23/h1-14,21-22,24-25H,15-16H2,(H,28,30,31)(H2,29,32,33)/t21-,22-,24+,25+/m0/s1. The summed E-state index contributed by atoms with van der Waals surface area (Å²) >= 11 is 0. The van der Waals surface area contributed by atoms with Gasteiger partial charge in [0.25, 0.3) is 0 Å². The van der Waals surface area contributed by atoms with Gasteiger partial charge >= 0.3 is 6.03 Å². The van der Waals surface area contributed by atoms with E-state index in [0.29, 0.717) is 42.1 Å². The molecule has 0 bridgehead atoms. The monoisotopic (exact) mass is 499 g/mol. The number of aromatic nitrogens is 2. The Balaban J connectivity index is 1.02. The lowest BCUT2D eigenvalue weighted by atomic mass is 10.1. The number of carbonyl (C=O) groups is 1. The normalized spacial score (nSPS) is 22.3. The average Bonchev–Trinajstić information content (AvgIpc) is 3.67. The van der Waals surface area contributed by atoms with Crippen LogP contribution < -0.4 is 20.7 Å². The summed E-state index contributed by atoms with van der Waals surface area (Å²) in [5, 5.41) is 9.11. The highest BCUT2D eigenvalue weighted by molar-refractivity contribution is 5.89. The van der Waals surface area contributed by atoms with Gasteiger partial charge in [0.1, 0.15) is 29.4 Å². The number of benzene rings is 2. The lowest BCUT2D eigenvalue weighted by Crippen LogP contribution is -2.46. The molecule has 0 saturated carbocycles. The van der Waals surface area contributed by atoms with Crippen LogP contribution in [-0.2, 0) is 9.47 Å². The molecule has 2 aromatic heterocycles. The molecule has 0 spiro atoms. The van der Waals surface area contributed by atoms with E-state index < -0.39 is 0 Å². The van der Waals surface area contributed by atoms with Crippen molar-refractivity contribution in [3.05, 3.63) is 85.3 Å². The van der Waals surface area contributed by atoms with Crippen LogP contribution in [-0.4, -0.2) is 53.5 Å². The lowest BCUT2D eigenvalue weighted by Gasteiger charge is -2.18. The number of furan rings is 1.